The Kier molecular flexibility index (Phi) is 3.72. The first-order valence-electron chi connectivity index (χ1n) is 6.22. The number of amides is 1. The van der Waals surface area contributed by atoms with E-state index in [0.29, 0.717) is 11.4 Å². The molecule has 96 valence electrons. The number of hydrogen-bond acceptors (Lipinski definition) is 3. The maximum atomic E-state index is 11.2. The molecule has 0 radical (unpaired) electrons. The van der Waals surface area contributed by atoms with E-state index < -0.39 is 0 Å². The van der Waals surface area contributed by atoms with Gasteiger partial charge >= 0.3 is 5.91 Å². The number of aromatic nitrogens is 1. The van der Waals surface area contributed by atoms with Gasteiger partial charge in [0.1, 0.15) is 5.75 Å². The van der Waals surface area contributed by atoms with E-state index in [4.69, 9.17) is 5.41 Å². The molecule has 1 amide bonds. The summed E-state index contributed by atoms with van der Waals surface area (Å²) < 4.78 is 0. The van der Waals surface area contributed by atoms with Crippen LogP contribution >= 0.6 is 0 Å². The molecule has 5 heteroatoms. The molecule has 0 atom stereocenters. The third-order valence-electron chi connectivity index (χ3n) is 3.68. The molecule has 0 aliphatic heterocycles. The Bertz CT molecular complexity index is 465. The minimum atomic E-state index is 0.0210. The lowest BCUT2D eigenvalue weighted by Gasteiger charge is -2.23. The average molecular weight is 249 g/mol. The number of quaternary nitrogens is 1. The predicted octanol–water partition coefficient (Wildman–Crippen LogP) is -1.09. The second-order valence-corrected chi connectivity index (χ2v) is 4.84. The molecule has 6 N–H and O–H groups in total. The predicted molar refractivity (Wildman–Crippen MR) is 65.3 cm³/mol. The van der Waals surface area contributed by atoms with Crippen molar-refractivity contribution < 1.29 is 21.0 Å². The second kappa shape index (κ2) is 5.27. The summed E-state index contributed by atoms with van der Waals surface area (Å²) in [4.78, 5) is 15.3. The van der Waals surface area contributed by atoms with Gasteiger partial charge in [-0.1, -0.05) is 0 Å². The lowest BCUT2D eigenvalue weighted by atomic mass is 9.78. The van der Waals surface area contributed by atoms with Gasteiger partial charge in [0, 0.05) is 12.1 Å². The highest BCUT2D eigenvalue weighted by molar-refractivity contribution is 5.98. The Morgan fingerprint density at radius 2 is 1.94 bits per heavy atom. The number of pyridine rings is 1. The largest absolute Gasteiger partial charge is 0.505 e. The molecule has 1 aromatic rings. The molecule has 0 saturated heterocycles. The van der Waals surface area contributed by atoms with Gasteiger partial charge in [-0.3, -0.25) is 11.1 Å². The lowest BCUT2D eigenvalue weighted by Crippen LogP contribution is -2.61. The van der Waals surface area contributed by atoms with Crippen molar-refractivity contribution in [1.29, 1.82) is 0 Å². The molecule has 1 fully saturated rings. The van der Waals surface area contributed by atoms with Gasteiger partial charge in [0.25, 0.3) is 0 Å². The van der Waals surface area contributed by atoms with E-state index in [1.54, 1.807) is 18.3 Å². The first-order chi connectivity index (χ1) is 8.59. The summed E-state index contributed by atoms with van der Waals surface area (Å²) in [6.07, 6.45) is 4.97. The third kappa shape index (κ3) is 2.56. The summed E-state index contributed by atoms with van der Waals surface area (Å²) in [5.74, 6) is 0.408. The summed E-state index contributed by atoms with van der Waals surface area (Å²) >= 11 is 0. The number of rotatable bonds is 3. The number of aromatic hydroxyl groups is 1. The number of hydrogen-bond donors (Lipinski definition) is 3. The fourth-order valence-electron chi connectivity index (χ4n) is 2.54. The number of nitrogens with zero attached hydrogens (tertiary/aromatic N) is 1. The highest BCUT2D eigenvalue weighted by Crippen LogP contribution is 2.30. The van der Waals surface area contributed by atoms with Crippen LogP contribution in [0.5, 0.6) is 5.75 Å². The highest BCUT2D eigenvalue weighted by Gasteiger charge is 2.32. The third-order valence-corrected chi connectivity index (χ3v) is 3.68. The number of nitrogens with two attached hydrogens (primary N) is 1. The quantitative estimate of drug-likeness (QED) is 0.593. The van der Waals surface area contributed by atoms with Crippen molar-refractivity contribution in [3.8, 4) is 5.75 Å². The molecule has 1 aliphatic rings. The first kappa shape index (κ1) is 12.7. The Morgan fingerprint density at radius 3 is 2.50 bits per heavy atom. The molecular formula is C13H19N3O2+2. The molecule has 1 aliphatic carbocycles. The van der Waals surface area contributed by atoms with Crippen molar-refractivity contribution >= 4 is 11.6 Å². The Labute approximate surface area is 106 Å². The van der Waals surface area contributed by atoms with Crippen molar-refractivity contribution in [2.75, 3.05) is 0 Å². The first-order valence-corrected chi connectivity index (χ1v) is 6.22. The number of carbonyl (C=O) groups is 1. The van der Waals surface area contributed by atoms with Gasteiger partial charge in [-0.2, -0.15) is 0 Å². The summed E-state index contributed by atoms with van der Waals surface area (Å²) in [7, 11) is 0. The van der Waals surface area contributed by atoms with Crippen LogP contribution in [-0.4, -0.2) is 21.7 Å². The maximum absolute atomic E-state index is 11.2. The second-order valence-electron chi connectivity index (χ2n) is 4.84. The standard InChI is InChI=1S/C13H17N3O2/c14-11(12-10(17)2-1-7-16-12)8-3-5-9(6-4-8)13(15)18/h1-2,7-9,14,17H,3-6H2,(H2,15,18)/p+2. The smallest absolute Gasteiger partial charge is 0.311 e. The summed E-state index contributed by atoms with van der Waals surface area (Å²) in [5, 5.41) is 15.8. The molecule has 1 saturated carbocycles. The van der Waals surface area contributed by atoms with Gasteiger partial charge in [0.05, 0.1) is 5.92 Å². The van der Waals surface area contributed by atoms with Crippen LogP contribution in [0.4, 0.5) is 0 Å². The Balaban J connectivity index is 2.04. The fraction of sp³-hybridized carbons (Fsp3) is 0.462. The van der Waals surface area contributed by atoms with Gasteiger partial charge < -0.3 is 5.11 Å². The van der Waals surface area contributed by atoms with Gasteiger partial charge in [0.2, 0.25) is 5.71 Å². The average Bonchev–Trinajstić information content (AvgIpc) is 2.38. The van der Waals surface area contributed by atoms with Crippen LogP contribution in [-0.2, 0) is 4.79 Å². The summed E-state index contributed by atoms with van der Waals surface area (Å²) in [5.41, 5.74) is 4.58. The van der Waals surface area contributed by atoms with E-state index in [-0.39, 0.29) is 23.5 Å². The zero-order valence-electron chi connectivity index (χ0n) is 10.3. The molecule has 0 aromatic carbocycles. The van der Waals surface area contributed by atoms with Crippen LogP contribution in [0.3, 0.4) is 0 Å². The normalized spacial score (nSPS) is 23.6. The van der Waals surface area contributed by atoms with Gasteiger partial charge in [-0.05, 0) is 37.8 Å². The van der Waals surface area contributed by atoms with Crippen LogP contribution in [0.2, 0.25) is 0 Å². The minimum Gasteiger partial charge on any atom is -0.505 e. The van der Waals surface area contributed by atoms with E-state index in [1.165, 1.54) is 0 Å². The summed E-state index contributed by atoms with van der Waals surface area (Å²) in [6.45, 7) is 0. The van der Waals surface area contributed by atoms with Crippen molar-refractivity contribution in [3.63, 3.8) is 0 Å². The number of carbonyl (C=O) groups excluding carboxylic acids is 1. The van der Waals surface area contributed by atoms with Gasteiger partial charge in [-0.15, -0.1) is 0 Å². The van der Waals surface area contributed by atoms with E-state index in [1.807, 2.05) is 0 Å². The zero-order valence-corrected chi connectivity index (χ0v) is 10.3. The van der Waals surface area contributed by atoms with E-state index in [9.17, 15) is 9.90 Å². The fourth-order valence-corrected chi connectivity index (χ4v) is 2.54. The summed E-state index contributed by atoms with van der Waals surface area (Å²) in [6, 6.07) is 3.25. The topological polar surface area (TPSA) is 103 Å². The van der Waals surface area contributed by atoms with E-state index in [0.717, 1.165) is 25.7 Å². The van der Waals surface area contributed by atoms with Crippen molar-refractivity contribution in [2.45, 2.75) is 25.7 Å². The molecule has 5 nitrogen and oxygen atoms in total. The molecule has 18 heavy (non-hydrogen) atoms. The molecule has 0 spiro atoms. The Morgan fingerprint density at radius 1 is 1.33 bits per heavy atom. The van der Waals surface area contributed by atoms with E-state index in [2.05, 4.69) is 10.7 Å². The Hall–Kier alpha value is -1.75. The maximum Gasteiger partial charge on any atom is 0.311 e. The highest BCUT2D eigenvalue weighted by atomic mass is 16.3. The molecule has 1 heterocycles. The van der Waals surface area contributed by atoms with Crippen LogP contribution in [0.25, 0.3) is 0 Å². The monoisotopic (exact) mass is 249 g/mol. The molecule has 0 bridgehead atoms. The molecular weight excluding hydrogens is 230 g/mol. The van der Waals surface area contributed by atoms with Crippen LogP contribution in [0.1, 0.15) is 31.4 Å². The molecule has 0 unspecified atom stereocenters. The SMILES string of the molecule is [NH2+]=C(c1ncccc1O)C1CCC(C([NH3+])=O)CC1. The van der Waals surface area contributed by atoms with Crippen LogP contribution in [0, 0.1) is 11.8 Å². The van der Waals surface area contributed by atoms with Crippen molar-refractivity contribution in [1.82, 2.24) is 4.98 Å². The lowest BCUT2D eigenvalue weighted by molar-refractivity contribution is -0.312. The van der Waals surface area contributed by atoms with Gasteiger partial charge in [0.15, 0.2) is 5.69 Å². The van der Waals surface area contributed by atoms with Gasteiger partial charge in [-0.25, -0.2) is 9.78 Å². The minimum absolute atomic E-state index is 0.0210. The van der Waals surface area contributed by atoms with Crippen LogP contribution in [0.15, 0.2) is 18.3 Å². The van der Waals surface area contributed by atoms with Crippen molar-refractivity contribution in [2.24, 2.45) is 11.8 Å². The molecule has 2 rings (SSSR count). The van der Waals surface area contributed by atoms with Crippen LogP contribution < -0.4 is 11.1 Å². The molecule has 1 aromatic heterocycles. The zero-order chi connectivity index (χ0) is 13.1. The van der Waals surface area contributed by atoms with E-state index >= 15 is 0 Å². The van der Waals surface area contributed by atoms with Crippen molar-refractivity contribution in [3.05, 3.63) is 24.0 Å².